The van der Waals surface area contributed by atoms with Crippen molar-refractivity contribution in [3.05, 3.63) is 65.0 Å². The van der Waals surface area contributed by atoms with E-state index in [1.165, 1.54) is 14.1 Å². The predicted molar refractivity (Wildman–Crippen MR) is 107 cm³/mol. The van der Waals surface area contributed by atoms with Gasteiger partial charge in [0.2, 0.25) is 10.0 Å². The van der Waals surface area contributed by atoms with Gasteiger partial charge in [-0.25, -0.2) is 21.9 Å². The summed E-state index contributed by atoms with van der Waals surface area (Å²) in [5.41, 5.74) is 0.920. The van der Waals surface area contributed by atoms with Crippen molar-refractivity contribution < 1.29 is 27.1 Å². The number of sulfonamides is 1. The molecule has 0 saturated heterocycles. The maximum Gasteiger partial charge on any atom is 0.341 e. The number of halogens is 1. The van der Waals surface area contributed by atoms with E-state index in [1.807, 2.05) is 12.1 Å². The topological polar surface area (TPSA) is 80.8 Å². The van der Waals surface area contributed by atoms with Gasteiger partial charge in [0.1, 0.15) is 5.82 Å². The van der Waals surface area contributed by atoms with Crippen LogP contribution >= 0.6 is 0 Å². The summed E-state index contributed by atoms with van der Waals surface area (Å²) < 4.78 is 44.2. The zero-order valence-corrected chi connectivity index (χ0v) is 17.6. The summed E-state index contributed by atoms with van der Waals surface area (Å²) in [6, 6.07) is 9.84. The molecule has 0 fully saturated rings. The molecule has 0 heterocycles. The predicted octanol–water partition coefficient (Wildman–Crippen LogP) is 3.63. The van der Waals surface area contributed by atoms with Gasteiger partial charge in [-0.15, -0.1) is 0 Å². The van der Waals surface area contributed by atoms with Gasteiger partial charge in [0.05, 0.1) is 10.5 Å². The SMILES string of the molecule is CC[C@@H](C)c1ccc(C(=O)COC(=O)c2cc(S(=O)(=O)N(C)C)ccc2F)cc1. The van der Waals surface area contributed by atoms with Gasteiger partial charge in [0.25, 0.3) is 0 Å². The number of Topliss-reactive ketones (excluding diaryl/α,β-unsaturated/α-hetero) is 1. The molecule has 0 radical (unpaired) electrons. The van der Waals surface area contributed by atoms with E-state index in [0.29, 0.717) is 11.5 Å². The zero-order chi connectivity index (χ0) is 21.8. The highest BCUT2D eigenvalue weighted by Crippen LogP contribution is 2.20. The first-order valence-corrected chi connectivity index (χ1v) is 10.5. The van der Waals surface area contributed by atoms with Gasteiger partial charge in [-0.1, -0.05) is 38.1 Å². The van der Waals surface area contributed by atoms with Gasteiger partial charge in [-0.2, -0.15) is 0 Å². The van der Waals surface area contributed by atoms with E-state index >= 15 is 0 Å². The van der Waals surface area contributed by atoms with E-state index in [2.05, 4.69) is 13.8 Å². The van der Waals surface area contributed by atoms with Gasteiger partial charge in [-0.05, 0) is 36.1 Å². The smallest absolute Gasteiger partial charge is 0.341 e. The van der Waals surface area contributed by atoms with Gasteiger partial charge in [0.15, 0.2) is 12.4 Å². The van der Waals surface area contributed by atoms with Crippen LogP contribution in [0.5, 0.6) is 0 Å². The molecule has 2 rings (SSSR count). The van der Waals surface area contributed by atoms with Crippen molar-refractivity contribution in [1.29, 1.82) is 0 Å². The lowest BCUT2D eigenvalue weighted by Gasteiger charge is -2.12. The van der Waals surface area contributed by atoms with E-state index in [4.69, 9.17) is 4.74 Å². The largest absolute Gasteiger partial charge is 0.454 e. The molecule has 29 heavy (non-hydrogen) atoms. The fourth-order valence-corrected chi connectivity index (χ4v) is 3.49. The maximum atomic E-state index is 14.0. The third-order valence-electron chi connectivity index (χ3n) is 4.68. The number of carbonyl (C=O) groups excluding carboxylic acids is 2. The van der Waals surface area contributed by atoms with Crippen LogP contribution in [0.1, 0.15) is 52.5 Å². The molecule has 0 N–H and O–H groups in total. The Labute approximate surface area is 170 Å². The Hall–Kier alpha value is -2.58. The first-order valence-electron chi connectivity index (χ1n) is 9.10. The van der Waals surface area contributed by atoms with Crippen LogP contribution in [0.15, 0.2) is 47.4 Å². The number of hydrogen-bond acceptors (Lipinski definition) is 5. The van der Waals surface area contributed by atoms with E-state index in [-0.39, 0.29) is 4.90 Å². The first-order chi connectivity index (χ1) is 13.6. The fourth-order valence-electron chi connectivity index (χ4n) is 2.56. The second-order valence-electron chi connectivity index (χ2n) is 6.86. The summed E-state index contributed by atoms with van der Waals surface area (Å²) >= 11 is 0. The van der Waals surface area contributed by atoms with Crippen LogP contribution in [0.2, 0.25) is 0 Å². The lowest BCUT2D eigenvalue weighted by Crippen LogP contribution is -2.23. The van der Waals surface area contributed by atoms with Crippen LogP contribution in [-0.2, 0) is 14.8 Å². The van der Waals surface area contributed by atoms with Crippen LogP contribution in [0, 0.1) is 5.82 Å². The Morgan fingerprint density at radius 1 is 1.10 bits per heavy atom. The molecular weight excluding hydrogens is 397 g/mol. The first kappa shape index (κ1) is 22.7. The molecule has 0 aromatic heterocycles. The van der Waals surface area contributed by atoms with Crippen molar-refractivity contribution in [2.75, 3.05) is 20.7 Å². The monoisotopic (exact) mass is 421 g/mol. The number of rotatable bonds is 8. The average Bonchev–Trinajstić information content (AvgIpc) is 2.71. The highest BCUT2D eigenvalue weighted by Gasteiger charge is 2.22. The highest BCUT2D eigenvalue weighted by molar-refractivity contribution is 7.89. The van der Waals surface area contributed by atoms with Crippen LogP contribution < -0.4 is 0 Å². The maximum absolute atomic E-state index is 14.0. The normalized spacial score (nSPS) is 12.6. The Balaban J connectivity index is 2.12. The Morgan fingerprint density at radius 2 is 1.72 bits per heavy atom. The third-order valence-corrected chi connectivity index (χ3v) is 6.50. The number of ether oxygens (including phenoxy) is 1. The summed E-state index contributed by atoms with van der Waals surface area (Å²) in [6.45, 7) is 3.57. The molecule has 0 spiro atoms. The molecule has 0 aliphatic carbocycles. The molecule has 2 aromatic carbocycles. The van der Waals surface area contributed by atoms with Crippen molar-refractivity contribution in [2.45, 2.75) is 31.1 Å². The van der Waals surface area contributed by atoms with Gasteiger partial charge >= 0.3 is 5.97 Å². The lowest BCUT2D eigenvalue weighted by molar-refractivity contribution is 0.0470. The summed E-state index contributed by atoms with van der Waals surface area (Å²) in [5, 5.41) is 0. The van der Waals surface area contributed by atoms with Crippen LogP contribution in [0.3, 0.4) is 0 Å². The number of nitrogens with zero attached hydrogens (tertiary/aromatic N) is 1. The zero-order valence-electron chi connectivity index (χ0n) is 16.8. The van der Waals surface area contributed by atoms with Gasteiger partial charge in [0, 0.05) is 19.7 Å². The molecule has 0 saturated carbocycles. The number of hydrogen-bond donors (Lipinski definition) is 0. The molecule has 0 unspecified atom stereocenters. The molecule has 8 heteroatoms. The minimum Gasteiger partial charge on any atom is -0.454 e. The number of carbonyl (C=O) groups is 2. The van der Waals surface area contributed by atoms with E-state index in [9.17, 15) is 22.4 Å². The Morgan fingerprint density at radius 3 is 2.28 bits per heavy atom. The van der Waals surface area contributed by atoms with Gasteiger partial charge < -0.3 is 4.74 Å². The molecular formula is C21H24FNO5S. The molecule has 0 aliphatic heterocycles. The third kappa shape index (κ3) is 5.27. The van der Waals surface area contributed by atoms with Crippen molar-refractivity contribution in [3.63, 3.8) is 0 Å². The number of esters is 1. The Kier molecular flexibility index (Phi) is 7.26. The van der Waals surface area contributed by atoms with Crippen LogP contribution in [0.25, 0.3) is 0 Å². The average molecular weight is 421 g/mol. The molecule has 6 nitrogen and oxygen atoms in total. The quantitative estimate of drug-likeness (QED) is 0.480. The summed E-state index contributed by atoms with van der Waals surface area (Å²) in [7, 11) is -1.20. The lowest BCUT2D eigenvalue weighted by atomic mass is 9.97. The van der Waals surface area contributed by atoms with Gasteiger partial charge in [-0.3, -0.25) is 4.79 Å². The number of ketones is 1. The number of benzene rings is 2. The van der Waals surface area contributed by atoms with Crippen molar-refractivity contribution in [3.8, 4) is 0 Å². The molecule has 2 aromatic rings. The molecule has 0 aliphatic rings. The molecule has 1 atom stereocenters. The fraction of sp³-hybridized carbons (Fsp3) is 0.333. The van der Waals surface area contributed by atoms with E-state index < -0.39 is 39.8 Å². The van der Waals surface area contributed by atoms with Crippen molar-refractivity contribution in [1.82, 2.24) is 4.31 Å². The minimum atomic E-state index is -3.85. The summed E-state index contributed by atoms with van der Waals surface area (Å²) in [6.07, 6.45) is 0.971. The summed E-state index contributed by atoms with van der Waals surface area (Å²) in [4.78, 5) is 24.2. The molecule has 156 valence electrons. The Bertz CT molecular complexity index is 1000. The van der Waals surface area contributed by atoms with Crippen LogP contribution in [-0.4, -0.2) is 45.2 Å². The van der Waals surface area contributed by atoms with E-state index in [1.54, 1.807) is 12.1 Å². The second kappa shape index (κ2) is 9.28. The highest BCUT2D eigenvalue weighted by atomic mass is 32.2. The minimum absolute atomic E-state index is 0.247. The van der Waals surface area contributed by atoms with Crippen molar-refractivity contribution in [2.24, 2.45) is 0 Å². The van der Waals surface area contributed by atoms with Crippen LogP contribution in [0.4, 0.5) is 4.39 Å². The standard InChI is InChI=1S/C21H24FNO5S/c1-5-14(2)15-6-8-16(9-7-15)20(24)13-28-21(25)18-12-17(10-11-19(18)22)29(26,27)23(3)4/h6-12,14H,5,13H2,1-4H3/t14-/m1/s1. The summed E-state index contributed by atoms with van der Waals surface area (Å²) in [5.74, 6) is -2.11. The van der Waals surface area contributed by atoms with E-state index in [0.717, 1.165) is 34.5 Å². The second-order valence-corrected chi connectivity index (χ2v) is 9.01. The van der Waals surface area contributed by atoms with Crippen molar-refractivity contribution >= 4 is 21.8 Å². The molecule has 0 amide bonds. The molecule has 0 bridgehead atoms.